The fourth-order valence-corrected chi connectivity index (χ4v) is 0.740. The van der Waals surface area contributed by atoms with Crippen molar-refractivity contribution in [1.82, 2.24) is 0 Å². The van der Waals surface area contributed by atoms with Gasteiger partial charge in [-0.3, -0.25) is 0 Å². The Kier molecular flexibility index (Phi) is 4.36. The van der Waals surface area contributed by atoms with E-state index in [-0.39, 0.29) is 0 Å². The van der Waals surface area contributed by atoms with E-state index in [4.69, 9.17) is 8.95 Å². The van der Waals surface area contributed by atoms with Crippen molar-refractivity contribution in [1.29, 1.82) is 0 Å². The molecule has 0 aliphatic carbocycles. The molecular formula is C7H17NO2Si. The lowest BCUT2D eigenvalue weighted by molar-refractivity contribution is 0.220. The lowest BCUT2D eigenvalue weighted by atomic mass is 10.3. The molecule has 0 rings (SSSR count). The second kappa shape index (κ2) is 4.51. The van der Waals surface area contributed by atoms with E-state index in [1.807, 2.05) is 26.9 Å². The maximum atomic E-state index is 5.24. The average molecular weight is 175 g/mol. The van der Waals surface area contributed by atoms with Gasteiger partial charge in [0.05, 0.1) is 5.71 Å². The smallest absolute Gasteiger partial charge is 0.420 e. The zero-order valence-corrected chi connectivity index (χ0v) is 8.97. The van der Waals surface area contributed by atoms with Gasteiger partial charge in [-0.1, -0.05) is 6.92 Å². The van der Waals surface area contributed by atoms with Crippen molar-refractivity contribution >= 4 is 14.3 Å². The zero-order chi connectivity index (χ0) is 8.91. The molecule has 0 saturated heterocycles. The largest absolute Gasteiger partial charge is 0.422 e. The van der Waals surface area contributed by atoms with Crippen LogP contribution in [0.25, 0.3) is 0 Å². The Hall–Kier alpha value is -0.353. The average Bonchev–Trinajstić information content (AvgIpc) is 2.00. The van der Waals surface area contributed by atoms with Gasteiger partial charge in [-0.2, -0.15) is 0 Å². The van der Waals surface area contributed by atoms with E-state index in [1.165, 1.54) is 0 Å². The lowest BCUT2D eigenvalue weighted by Crippen LogP contribution is -2.31. The normalized spacial score (nSPS) is 13.4. The third kappa shape index (κ3) is 4.98. The van der Waals surface area contributed by atoms with Gasteiger partial charge in [-0.05, 0) is 26.4 Å². The molecule has 11 heavy (non-hydrogen) atoms. The van der Waals surface area contributed by atoms with Crippen LogP contribution in [0.15, 0.2) is 5.16 Å². The van der Waals surface area contributed by atoms with E-state index in [1.54, 1.807) is 7.11 Å². The standard InChI is InChI=1S/C7H17NO2Si/c1-6-7(2)8-10-11(4,5)9-3/h6H2,1-5H3. The predicted octanol–water partition coefficient (Wildman–Crippen LogP) is 2.14. The summed E-state index contributed by atoms with van der Waals surface area (Å²) in [5.74, 6) is 0. The van der Waals surface area contributed by atoms with Gasteiger partial charge in [0.25, 0.3) is 0 Å². The molecule has 0 spiro atoms. The van der Waals surface area contributed by atoms with Crippen molar-refractivity contribution < 1.29 is 8.95 Å². The molecular weight excluding hydrogens is 158 g/mol. The Morgan fingerprint density at radius 2 is 2.00 bits per heavy atom. The Morgan fingerprint density at radius 1 is 1.45 bits per heavy atom. The summed E-state index contributed by atoms with van der Waals surface area (Å²) in [5, 5.41) is 3.94. The van der Waals surface area contributed by atoms with Gasteiger partial charge in [-0.15, -0.1) is 5.16 Å². The van der Waals surface area contributed by atoms with Gasteiger partial charge in [0, 0.05) is 7.11 Å². The number of nitrogens with zero attached hydrogens (tertiary/aromatic N) is 1. The first kappa shape index (κ1) is 10.6. The van der Waals surface area contributed by atoms with E-state index in [9.17, 15) is 0 Å². The van der Waals surface area contributed by atoms with Crippen LogP contribution in [-0.2, 0) is 8.95 Å². The van der Waals surface area contributed by atoms with Crippen LogP contribution in [0, 0.1) is 0 Å². The molecule has 0 bridgehead atoms. The third-order valence-electron chi connectivity index (χ3n) is 1.42. The number of hydrogen-bond acceptors (Lipinski definition) is 3. The maximum absolute atomic E-state index is 5.24. The first-order valence-electron chi connectivity index (χ1n) is 3.78. The minimum Gasteiger partial charge on any atom is -0.422 e. The van der Waals surface area contributed by atoms with Crippen molar-refractivity contribution in [3.8, 4) is 0 Å². The zero-order valence-electron chi connectivity index (χ0n) is 7.97. The second-order valence-electron chi connectivity index (χ2n) is 2.88. The maximum Gasteiger partial charge on any atom is 0.420 e. The van der Waals surface area contributed by atoms with E-state index < -0.39 is 8.56 Å². The van der Waals surface area contributed by atoms with E-state index >= 15 is 0 Å². The number of oxime groups is 1. The quantitative estimate of drug-likeness (QED) is 0.372. The van der Waals surface area contributed by atoms with Crippen molar-refractivity contribution in [2.75, 3.05) is 7.11 Å². The highest BCUT2D eigenvalue weighted by Gasteiger charge is 2.24. The summed E-state index contributed by atoms with van der Waals surface area (Å²) in [5.41, 5.74) is 1.00. The summed E-state index contributed by atoms with van der Waals surface area (Å²) in [6.07, 6.45) is 0.925. The fraction of sp³-hybridized carbons (Fsp3) is 0.857. The molecule has 0 N–H and O–H groups in total. The second-order valence-corrected chi connectivity index (χ2v) is 6.27. The molecule has 0 atom stereocenters. The van der Waals surface area contributed by atoms with E-state index in [0.717, 1.165) is 12.1 Å². The van der Waals surface area contributed by atoms with Crippen molar-refractivity contribution in [2.24, 2.45) is 5.16 Å². The van der Waals surface area contributed by atoms with Crippen LogP contribution < -0.4 is 0 Å². The van der Waals surface area contributed by atoms with Gasteiger partial charge < -0.3 is 8.95 Å². The topological polar surface area (TPSA) is 30.8 Å². The molecule has 0 saturated carbocycles. The molecule has 0 aliphatic rings. The Labute approximate surface area is 69.6 Å². The van der Waals surface area contributed by atoms with E-state index in [0.29, 0.717) is 0 Å². The molecule has 0 aromatic heterocycles. The first-order valence-corrected chi connectivity index (χ1v) is 6.60. The van der Waals surface area contributed by atoms with Gasteiger partial charge >= 0.3 is 8.56 Å². The van der Waals surface area contributed by atoms with Crippen LogP contribution >= 0.6 is 0 Å². The molecule has 0 aromatic carbocycles. The molecule has 66 valence electrons. The minimum absolute atomic E-state index is 0.925. The lowest BCUT2D eigenvalue weighted by Gasteiger charge is -2.16. The Bertz CT molecular complexity index is 145. The van der Waals surface area contributed by atoms with Crippen molar-refractivity contribution in [2.45, 2.75) is 33.4 Å². The summed E-state index contributed by atoms with van der Waals surface area (Å²) >= 11 is 0. The fourth-order valence-electron chi connectivity index (χ4n) is 0.290. The van der Waals surface area contributed by atoms with Crippen LogP contribution in [0.3, 0.4) is 0 Å². The molecule has 0 heterocycles. The van der Waals surface area contributed by atoms with Gasteiger partial charge in [0.2, 0.25) is 0 Å². The van der Waals surface area contributed by atoms with Crippen LogP contribution in [-0.4, -0.2) is 21.4 Å². The van der Waals surface area contributed by atoms with E-state index in [2.05, 4.69) is 5.16 Å². The highest BCUT2D eigenvalue weighted by Crippen LogP contribution is 2.04. The molecule has 0 unspecified atom stereocenters. The summed E-state index contributed by atoms with van der Waals surface area (Å²) < 4.78 is 10.4. The SMILES string of the molecule is CCC(C)=NO[Si](C)(C)OC. The van der Waals surface area contributed by atoms with Crippen molar-refractivity contribution in [3.63, 3.8) is 0 Å². The third-order valence-corrected chi connectivity index (χ3v) is 2.94. The van der Waals surface area contributed by atoms with Gasteiger partial charge in [0.15, 0.2) is 0 Å². The van der Waals surface area contributed by atoms with Crippen LogP contribution in [0.5, 0.6) is 0 Å². The highest BCUT2D eigenvalue weighted by atomic mass is 28.4. The molecule has 3 nitrogen and oxygen atoms in total. The summed E-state index contributed by atoms with van der Waals surface area (Å²) in [6.45, 7) is 7.91. The Balaban J connectivity index is 3.86. The molecule has 0 aromatic rings. The van der Waals surface area contributed by atoms with Crippen LogP contribution in [0.1, 0.15) is 20.3 Å². The first-order chi connectivity index (χ1) is 5.02. The van der Waals surface area contributed by atoms with Gasteiger partial charge in [0.1, 0.15) is 0 Å². The number of hydrogen-bond donors (Lipinski definition) is 0. The summed E-state index contributed by atoms with van der Waals surface area (Å²) in [7, 11) is -0.288. The number of rotatable bonds is 4. The molecule has 0 fully saturated rings. The van der Waals surface area contributed by atoms with Crippen molar-refractivity contribution in [3.05, 3.63) is 0 Å². The van der Waals surface area contributed by atoms with Crippen LogP contribution in [0.4, 0.5) is 0 Å². The molecule has 4 heteroatoms. The Morgan fingerprint density at radius 3 is 2.36 bits per heavy atom. The molecule has 0 amide bonds. The minimum atomic E-state index is -1.94. The summed E-state index contributed by atoms with van der Waals surface area (Å²) in [4.78, 5) is 0. The summed E-state index contributed by atoms with van der Waals surface area (Å²) in [6, 6.07) is 0. The van der Waals surface area contributed by atoms with Gasteiger partial charge in [-0.25, -0.2) is 0 Å². The monoisotopic (exact) mass is 175 g/mol. The van der Waals surface area contributed by atoms with Crippen LogP contribution in [0.2, 0.25) is 13.1 Å². The highest BCUT2D eigenvalue weighted by molar-refractivity contribution is 6.64. The molecule has 0 aliphatic heterocycles. The predicted molar refractivity (Wildman–Crippen MR) is 49.0 cm³/mol. The molecule has 0 radical (unpaired) electrons.